The molecule has 2 atom stereocenters. The number of ether oxygens (including phenoxy) is 2. The molecule has 1 aromatic carbocycles. The van der Waals surface area contributed by atoms with E-state index < -0.39 is 16.6 Å². The summed E-state index contributed by atoms with van der Waals surface area (Å²) in [6.07, 6.45) is 3.82. The molecule has 2 rings (SSSR count). The smallest absolute Gasteiger partial charge is 0.241 e. The predicted octanol–water partition coefficient (Wildman–Crippen LogP) is 6.51. The first-order valence-corrected chi connectivity index (χ1v) is 17.5. The monoisotopic (exact) mass is 450 g/mol. The number of hydrogen-bond acceptors (Lipinski definition) is 4. The lowest BCUT2D eigenvalue weighted by atomic mass is 10.1. The fourth-order valence-corrected chi connectivity index (χ4v) is 5.08. The van der Waals surface area contributed by atoms with Crippen LogP contribution in [0.4, 0.5) is 0 Å². The van der Waals surface area contributed by atoms with E-state index in [2.05, 4.69) is 71.7 Å². The van der Waals surface area contributed by atoms with Gasteiger partial charge < -0.3 is 18.3 Å². The summed E-state index contributed by atoms with van der Waals surface area (Å²) in [6.45, 7) is 20.0. The summed E-state index contributed by atoms with van der Waals surface area (Å²) in [5, 5.41) is 0.218. The number of rotatable bonds is 10. The number of benzene rings is 1. The fourth-order valence-electron chi connectivity index (χ4n) is 3.08. The van der Waals surface area contributed by atoms with Crippen LogP contribution >= 0.6 is 0 Å². The van der Waals surface area contributed by atoms with E-state index in [1.165, 1.54) is 5.56 Å². The summed E-state index contributed by atoms with van der Waals surface area (Å²) in [5.41, 5.74) is 1.18. The average Bonchev–Trinajstić information content (AvgIpc) is 2.60. The quantitative estimate of drug-likeness (QED) is 0.381. The highest BCUT2D eigenvalue weighted by molar-refractivity contribution is 6.74. The Morgan fingerprint density at radius 3 is 2.30 bits per heavy atom. The maximum Gasteiger partial charge on any atom is 0.241 e. The highest BCUT2D eigenvalue weighted by atomic mass is 28.4. The minimum atomic E-state index is -1.75. The van der Waals surface area contributed by atoms with E-state index in [4.69, 9.17) is 18.3 Å². The van der Waals surface area contributed by atoms with Crippen LogP contribution in [-0.4, -0.2) is 42.1 Å². The first-order valence-electron chi connectivity index (χ1n) is 11.2. The van der Waals surface area contributed by atoms with Crippen LogP contribution in [0.15, 0.2) is 42.2 Å². The van der Waals surface area contributed by atoms with E-state index >= 15 is 0 Å². The Morgan fingerprint density at radius 1 is 1.03 bits per heavy atom. The van der Waals surface area contributed by atoms with Crippen LogP contribution < -0.4 is 0 Å². The fraction of sp³-hybridized carbons (Fsp3) is 0.667. The summed E-state index contributed by atoms with van der Waals surface area (Å²) < 4.78 is 25.0. The van der Waals surface area contributed by atoms with Crippen molar-refractivity contribution in [1.29, 1.82) is 0 Å². The topological polar surface area (TPSA) is 36.9 Å². The van der Waals surface area contributed by atoms with Gasteiger partial charge in [0.1, 0.15) is 0 Å². The molecule has 0 aliphatic carbocycles. The predicted molar refractivity (Wildman–Crippen MR) is 130 cm³/mol. The molecule has 30 heavy (non-hydrogen) atoms. The maximum absolute atomic E-state index is 6.37. The lowest BCUT2D eigenvalue weighted by Crippen LogP contribution is -2.41. The zero-order valence-electron chi connectivity index (χ0n) is 20.3. The molecule has 0 spiro atoms. The molecule has 2 unspecified atom stereocenters. The second-order valence-electron chi connectivity index (χ2n) is 10.7. The van der Waals surface area contributed by atoms with E-state index in [0.29, 0.717) is 13.2 Å². The Hall–Kier alpha value is -0.926. The van der Waals surface area contributed by atoms with E-state index in [9.17, 15) is 0 Å². The molecule has 1 aliphatic heterocycles. The van der Waals surface area contributed by atoms with E-state index in [1.54, 1.807) is 0 Å². The molecule has 0 fully saturated rings. The van der Waals surface area contributed by atoms with E-state index in [0.717, 1.165) is 25.2 Å². The van der Waals surface area contributed by atoms with Gasteiger partial charge >= 0.3 is 0 Å². The van der Waals surface area contributed by atoms with Crippen molar-refractivity contribution in [2.75, 3.05) is 13.2 Å². The van der Waals surface area contributed by atoms with Gasteiger partial charge in [-0.1, -0.05) is 51.1 Å². The molecule has 1 aromatic rings. The minimum Gasteiger partial charge on any atom is -0.547 e. The summed E-state index contributed by atoms with van der Waals surface area (Å²) in [7, 11) is -3.41. The zero-order chi connectivity index (χ0) is 22.4. The average molecular weight is 451 g/mol. The van der Waals surface area contributed by atoms with E-state index in [1.807, 2.05) is 18.2 Å². The summed E-state index contributed by atoms with van der Waals surface area (Å²) in [4.78, 5) is 0. The van der Waals surface area contributed by atoms with Crippen molar-refractivity contribution in [1.82, 2.24) is 0 Å². The molecule has 0 saturated carbocycles. The molecule has 6 heteroatoms. The van der Waals surface area contributed by atoms with Gasteiger partial charge in [0.15, 0.2) is 8.32 Å². The molecule has 0 radical (unpaired) electrons. The SMILES string of the molecule is CC(C)(C)[Si](C)(C)OCCC1C=C(O[Si](C)(C)C)CC(COCc2ccccc2)O1. The molecule has 1 heterocycles. The third-order valence-electron chi connectivity index (χ3n) is 5.69. The molecule has 0 amide bonds. The van der Waals surface area contributed by atoms with Gasteiger partial charge in [-0.05, 0) is 55.8 Å². The van der Waals surface area contributed by atoms with Crippen molar-refractivity contribution in [3.8, 4) is 0 Å². The second kappa shape index (κ2) is 10.6. The van der Waals surface area contributed by atoms with Gasteiger partial charge in [0, 0.05) is 13.0 Å². The van der Waals surface area contributed by atoms with Gasteiger partial charge in [0.25, 0.3) is 0 Å². The summed E-state index contributed by atoms with van der Waals surface area (Å²) in [6, 6.07) is 10.3. The molecule has 0 aromatic heterocycles. The van der Waals surface area contributed by atoms with E-state index in [-0.39, 0.29) is 17.2 Å². The summed E-state index contributed by atoms with van der Waals surface area (Å²) in [5.74, 6) is 1.06. The van der Waals surface area contributed by atoms with Gasteiger partial charge in [0.2, 0.25) is 8.32 Å². The Morgan fingerprint density at radius 2 is 1.70 bits per heavy atom. The molecule has 170 valence electrons. The van der Waals surface area contributed by atoms with Gasteiger partial charge in [-0.15, -0.1) is 0 Å². The standard InChI is InChI=1S/C24H42O4Si2/c1-24(2,3)30(7,8)26-15-14-21-16-22(28-29(4,5)6)17-23(27-21)19-25-18-20-12-10-9-11-13-20/h9-13,16,21,23H,14-15,17-19H2,1-8H3. The van der Waals surface area contributed by atoms with Crippen LogP contribution in [0, 0.1) is 0 Å². The van der Waals surface area contributed by atoms with Crippen LogP contribution in [0.1, 0.15) is 39.2 Å². The zero-order valence-corrected chi connectivity index (χ0v) is 22.3. The van der Waals surface area contributed by atoms with Crippen molar-refractivity contribution in [3.05, 3.63) is 47.7 Å². The van der Waals surface area contributed by atoms with Crippen LogP contribution in [0.3, 0.4) is 0 Å². The van der Waals surface area contributed by atoms with Crippen molar-refractivity contribution in [2.45, 2.75) is 90.2 Å². The van der Waals surface area contributed by atoms with Crippen molar-refractivity contribution >= 4 is 16.6 Å². The minimum absolute atomic E-state index is 0.0141. The molecule has 0 N–H and O–H groups in total. The van der Waals surface area contributed by atoms with Crippen LogP contribution in [0.5, 0.6) is 0 Å². The third-order valence-corrected chi connectivity index (χ3v) is 11.1. The maximum atomic E-state index is 6.37. The van der Waals surface area contributed by atoms with Gasteiger partial charge in [0.05, 0.1) is 31.2 Å². The molecular formula is C24H42O4Si2. The second-order valence-corrected chi connectivity index (χ2v) is 20.0. The first kappa shape index (κ1) is 25.3. The Bertz CT molecular complexity index is 675. The van der Waals surface area contributed by atoms with Gasteiger partial charge in [-0.25, -0.2) is 0 Å². The molecule has 0 bridgehead atoms. The van der Waals surface area contributed by atoms with Crippen molar-refractivity contribution in [2.24, 2.45) is 0 Å². The Labute approximate surface area is 186 Å². The Balaban J connectivity index is 1.93. The Kier molecular flexibility index (Phi) is 8.95. The highest BCUT2D eigenvalue weighted by Gasteiger charge is 2.37. The van der Waals surface area contributed by atoms with Crippen molar-refractivity contribution < 1.29 is 18.3 Å². The lowest BCUT2D eigenvalue weighted by Gasteiger charge is -2.37. The lowest BCUT2D eigenvalue weighted by molar-refractivity contribution is -0.0624. The first-order chi connectivity index (χ1) is 13.9. The van der Waals surface area contributed by atoms with Crippen LogP contribution in [0.25, 0.3) is 0 Å². The molecule has 0 saturated heterocycles. The summed E-state index contributed by atoms with van der Waals surface area (Å²) >= 11 is 0. The van der Waals surface area contributed by atoms with Crippen molar-refractivity contribution in [3.63, 3.8) is 0 Å². The highest BCUT2D eigenvalue weighted by Crippen LogP contribution is 2.36. The van der Waals surface area contributed by atoms with Crippen LogP contribution in [-0.2, 0) is 24.9 Å². The largest absolute Gasteiger partial charge is 0.547 e. The molecular weight excluding hydrogens is 408 g/mol. The van der Waals surface area contributed by atoms with Crippen LogP contribution in [0.2, 0.25) is 37.8 Å². The van der Waals surface area contributed by atoms with Gasteiger partial charge in [-0.2, -0.15) is 0 Å². The molecule has 1 aliphatic rings. The van der Waals surface area contributed by atoms with Gasteiger partial charge in [-0.3, -0.25) is 0 Å². The molecule has 4 nitrogen and oxygen atoms in total. The number of hydrogen-bond donors (Lipinski definition) is 0. The third kappa shape index (κ3) is 8.67. The normalized spacial score (nSPS) is 20.7.